The van der Waals surface area contributed by atoms with Crippen LogP contribution >= 0.6 is 58.4 Å². The van der Waals surface area contributed by atoms with Crippen LogP contribution in [-0.2, 0) is 17.6 Å². The zero-order chi connectivity index (χ0) is 24.2. The number of thiophene rings is 1. The number of carbonyl (C=O) groups is 2. The molecule has 0 unspecified atom stereocenters. The molecule has 0 radical (unpaired) electrons. The standard InChI is InChI=1S/C22H24Cl3N3O3S2/c1-3-31-19(30)16-14-6-4-5-7-15(14)33-18(16)27-21(32)28-20(22(23,24)25)26-17(29)13-10-8-12(2)9-11-13/h8-11,20H,3-7H2,1-2H3,(H,26,29)(H2,27,28,32)/t20-/m0/s1. The molecule has 3 N–H and O–H groups in total. The molecule has 1 aromatic heterocycles. The molecule has 0 fully saturated rings. The molecule has 6 nitrogen and oxygen atoms in total. The molecule has 1 aromatic carbocycles. The number of nitrogens with one attached hydrogen (secondary N) is 3. The van der Waals surface area contributed by atoms with E-state index in [1.54, 1.807) is 19.1 Å². The average molecular weight is 549 g/mol. The van der Waals surface area contributed by atoms with E-state index in [0.717, 1.165) is 41.7 Å². The molecule has 0 bridgehead atoms. The van der Waals surface area contributed by atoms with E-state index in [0.29, 0.717) is 16.1 Å². The largest absolute Gasteiger partial charge is 0.462 e. The predicted octanol–water partition coefficient (Wildman–Crippen LogP) is 5.52. The Morgan fingerprint density at radius 2 is 1.82 bits per heavy atom. The minimum atomic E-state index is -1.90. The zero-order valence-electron chi connectivity index (χ0n) is 18.1. The molecule has 2 aromatic rings. The van der Waals surface area contributed by atoms with Crippen LogP contribution < -0.4 is 16.0 Å². The minimum Gasteiger partial charge on any atom is -0.462 e. The molecule has 33 heavy (non-hydrogen) atoms. The Morgan fingerprint density at radius 1 is 1.15 bits per heavy atom. The van der Waals surface area contributed by atoms with Gasteiger partial charge in [-0.3, -0.25) is 4.79 Å². The number of fused-ring (bicyclic) bond motifs is 1. The molecule has 178 valence electrons. The molecule has 0 aliphatic heterocycles. The highest BCUT2D eigenvalue weighted by atomic mass is 35.6. The number of thiocarbonyl (C=S) groups is 1. The van der Waals surface area contributed by atoms with Crippen molar-refractivity contribution in [1.82, 2.24) is 10.6 Å². The van der Waals surface area contributed by atoms with Crippen molar-refractivity contribution >= 4 is 80.3 Å². The number of hydrogen-bond donors (Lipinski definition) is 3. The van der Waals surface area contributed by atoms with Crippen molar-refractivity contribution in [3.8, 4) is 0 Å². The summed E-state index contributed by atoms with van der Waals surface area (Å²) in [4.78, 5) is 26.4. The lowest BCUT2D eigenvalue weighted by atomic mass is 9.95. The monoisotopic (exact) mass is 547 g/mol. The number of anilines is 1. The summed E-state index contributed by atoms with van der Waals surface area (Å²) in [7, 11) is 0. The van der Waals surface area contributed by atoms with Gasteiger partial charge in [-0.2, -0.15) is 0 Å². The Labute approximate surface area is 217 Å². The zero-order valence-corrected chi connectivity index (χ0v) is 22.0. The number of rotatable bonds is 6. The predicted molar refractivity (Wildman–Crippen MR) is 139 cm³/mol. The van der Waals surface area contributed by atoms with E-state index in [9.17, 15) is 9.59 Å². The van der Waals surface area contributed by atoms with Crippen molar-refractivity contribution in [2.24, 2.45) is 0 Å². The van der Waals surface area contributed by atoms with Crippen molar-refractivity contribution in [1.29, 1.82) is 0 Å². The molecule has 1 aliphatic carbocycles. The van der Waals surface area contributed by atoms with Gasteiger partial charge in [-0.1, -0.05) is 52.5 Å². The summed E-state index contributed by atoms with van der Waals surface area (Å²) in [5.74, 6) is -0.826. The molecule has 0 saturated heterocycles. The van der Waals surface area contributed by atoms with Crippen molar-refractivity contribution in [2.45, 2.75) is 49.5 Å². The molecule has 1 atom stereocenters. The molecule has 1 aliphatic rings. The smallest absolute Gasteiger partial charge is 0.341 e. The maximum Gasteiger partial charge on any atom is 0.341 e. The van der Waals surface area contributed by atoms with Crippen molar-refractivity contribution in [3.63, 3.8) is 0 Å². The summed E-state index contributed by atoms with van der Waals surface area (Å²) >= 11 is 25.2. The van der Waals surface area contributed by atoms with Gasteiger partial charge < -0.3 is 20.7 Å². The first-order valence-electron chi connectivity index (χ1n) is 10.4. The van der Waals surface area contributed by atoms with Crippen LogP contribution in [0.4, 0.5) is 5.00 Å². The van der Waals surface area contributed by atoms with Crippen LogP contribution in [0.2, 0.25) is 0 Å². The van der Waals surface area contributed by atoms with Gasteiger partial charge >= 0.3 is 5.97 Å². The Hall–Kier alpha value is -1.58. The van der Waals surface area contributed by atoms with Crippen molar-refractivity contribution in [2.75, 3.05) is 11.9 Å². The molecule has 1 heterocycles. The van der Waals surface area contributed by atoms with Crippen LogP contribution in [-0.4, -0.2) is 33.6 Å². The molecule has 0 saturated carbocycles. The van der Waals surface area contributed by atoms with Gasteiger partial charge in [0.2, 0.25) is 3.79 Å². The van der Waals surface area contributed by atoms with Gasteiger partial charge in [0.15, 0.2) is 5.11 Å². The van der Waals surface area contributed by atoms with Crippen molar-refractivity contribution < 1.29 is 14.3 Å². The van der Waals surface area contributed by atoms with E-state index < -0.39 is 21.8 Å². The van der Waals surface area contributed by atoms with Gasteiger partial charge in [-0.05, 0) is 69.4 Å². The topological polar surface area (TPSA) is 79.5 Å². The molecule has 1 amide bonds. The van der Waals surface area contributed by atoms with Crippen LogP contribution in [0.1, 0.15) is 56.5 Å². The second-order valence-corrected chi connectivity index (χ2v) is 11.4. The highest BCUT2D eigenvalue weighted by molar-refractivity contribution is 7.80. The van der Waals surface area contributed by atoms with Gasteiger partial charge in [0, 0.05) is 10.4 Å². The van der Waals surface area contributed by atoms with Crippen molar-refractivity contribution in [3.05, 3.63) is 51.4 Å². The van der Waals surface area contributed by atoms with Crippen LogP contribution in [0.5, 0.6) is 0 Å². The number of benzene rings is 1. The number of hydrogen-bond acceptors (Lipinski definition) is 5. The second kappa shape index (κ2) is 11.2. The Balaban J connectivity index is 1.77. The normalized spacial score (nSPS) is 14.1. The quantitative estimate of drug-likeness (QED) is 0.191. The second-order valence-electron chi connectivity index (χ2n) is 7.55. The summed E-state index contributed by atoms with van der Waals surface area (Å²) in [6, 6.07) is 6.99. The van der Waals surface area contributed by atoms with Gasteiger partial charge in [-0.25, -0.2) is 4.79 Å². The van der Waals surface area contributed by atoms with Crippen LogP contribution in [0.3, 0.4) is 0 Å². The van der Waals surface area contributed by atoms with E-state index >= 15 is 0 Å². The molecule has 0 spiro atoms. The lowest BCUT2D eigenvalue weighted by molar-refractivity contribution is 0.0526. The lowest BCUT2D eigenvalue weighted by Crippen LogP contribution is -2.56. The average Bonchev–Trinajstić information content (AvgIpc) is 3.10. The summed E-state index contributed by atoms with van der Waals surface area (Å²) in [6.45, 7) is 3.95. The van der Waals surface area contributed by atoms with E-state index in [1.165, 1.54) is 11.3 Å². The molecule has 11 heteroatoms. The molecular formula is C22H24Cl3N3O3S2. The van der Waals surface area contributed by atoms with Gasteiger partial charge in [0.1, 0.15) is 11.2 Å². The van der Waals surface area contributed by atoms with E-state index in [-0.39, 0.29) is 11.7 Å². The number of alkyl halides is 3. The number of halogens is 3. The fourth-order valence-electron chi connectivity index (χ4n) is 3.46. The first-order valence-corrected chi connectivity index (χ1v) is 12.8. The number of carbonyl (C=O) groups excluding carboxylic acids is 2. The van der Waals surface area contributed by atoms with E-state index in [2.05, 4.69) is 16.0 Å². The van der Waals surface area contributed by atoms with Gasteiger partial charge in [0.05, 0.1) is 12.2 Å². The third kappa shape index (κ3) is 6.73. The van der Waals surface area contributed by atoms with Crippen LogP contribution in [0.15, 0.2) is 24.3 Å². The maximum atomic E-state index is 12.7. The van der Waals surface area contributed by atoms with Crippen LogP contribution in [0.25, 0.3) is 0 Å². The Morgan fingerprint density at radius 3 is 2.45 bits per heavy atom. The van der Waals surface area contributed by atoms with Gasteiger partial charge in [-0.15, -0.1) is 11.3 Å². The summed E-state index contributed by atoms with van der Waals surface area (Å²) in [6.07, 6.45) is 2.66. The fraction of sp³-hybridized carbons (Fsp3) is 0.409. The highest BCUT2D eigenvalue weighted by Crippen LogP contribution is 2.38. The summed E-state index contributed by atoms with van der Waals surface area (Å²) in [5, 5.41) is 9.21. The van der Waals surface area contributed by atoms with Gasteiger partial charge in [0.25, 0.3) is 5.91 Å². The first-order chi connectivity index (χ1) is 15.6. The van der Waals surface area contributed by atoms with E-state index in [4.69, 9.17) is 51.8 Å². The lowest BCUT2D eigenvalue weighted by Gasteiger charge is -2.27. The Bertz CT molecular complexity index is 1040. The first kappa shape index (κ1) is 26.0. The molecular weight excluding hydrogens is 525 g/mol. The number of esters is 1. The van der Waals surface area contributed by atoms with Crippen LogP contribution in [0, 0.1) is 6.92 Å². The highest BCUT2D eigenvalue weighted by Gasteiger charge is 2.35. The maximum absolute atomic E-state index is 12.7. The number of amides is 1. The number of aryl methyl sites for hydroxylation is 2. The third-order valence-corrected chi connectivity index (χ3v) is 7.15. The van der Waals surface area contributed by atoms with E-state index in [1.807, 2.05) is 19.1 Å². The Kier molecular flexibility index (Phi) is 8.86. The SMILES string of the molecule is CCOC(=O)c1c(NC(=S)N[C@H](NC(=O)c2ccc(C)cc2)C(Cl)(Cl)Cl)sc2c1CCCC2. The summed E-state index contributed by atoms with van der Waals surface area (Å²) < 4.78 is 3.37. The molecule has 3 rings (SSSR count). The fourth-order valence-corrected chi connectivity index (χ4v) is 5.36. The number of ether oxygens (including phenoxy) is 1. The summed E-state index contributed by atoms with van der Waals surface area (Å²) in [5.41, 5.74) is 2.93. The minimum absolute atomic E-state index is 0.0969. The third-order valence-electron chi connectivity index (χ3n) is 5.07.